The van der Waals surface area contributed by atoms with Crippen molar-refractivity contribution < 1.29 is 9.48 Å². The minimum atomic E-state index is -1.45. The lowest BCUT2D eigenvalue weighted by Gasteiger charge is -2.08. The van der Waals surface area contributed by atoms with E-state index in [1.165, 1.54) is 12.3 Å². The first kappa shape index (κ1) is 14.5. The summed E-state index contributed by atoms with van der Waals surface area (Å²) < 4.78 is 12.4. The molecular weight excluding hydrogens is 304 g/mol. The maximum absolute atomic E-state index is 12.4. The van der Waals surface area contributed by atoms with Crippen LogP contribution in [0.15, 0.2) is 41.7 Å². The van der Waals surface area contributed by atoms with Crippen LogP contribution in [0.4, 0.5) is 5.69 Å². The summed E-state index contributed by atoms with van der Waals surface area (Å²) in [7, 11) is 0. The average Bonchev–Trinajstić information content (AvgIpc) is 2.93. The van der Waals surface area contributed by atoms with Gasteiger partial charge in [-0.15, -0.1) is 0 Å². The number of rotatable bonds is 4. The molecule has 0 saturated heterocycles. The van der Waals surface area contributed by atoms with E-state index in [1.807, 2.05) is 24.3 Å². The van der Waals surface area contributed by atoms with Crippen LogP contribution in [0, 0.1) is 17.0 Å². The normalized spacial score (nSPS) is 12.5. The molecule has 0 aliphatic heterocycles. The summed E-state index contributed by atoms with van der Waals surface area (Å²) in [6.45, 7) is 1.61. The summed E-state index contributed by atoms with van der Waals surface area (Å²) in [4.78, 5) is 21.8. The number of hydrogen-bond acceptors (Lipinski definition) is 5. The van der Waals surface area contributed by atoms with Gasteiger partial charge in [0.15, 0.2) is 5.75 Å². The van der Waals surface area contributed by atoms with Gasteiger partial charge in [0, 0.05) is 23.4 Å². The van der Waals surface area contributed by atoms with Crippen molar-refractivity contribution in [3.05, 3.63) is 57.9 Å². The molecule has 0 radical (unpaired) electrons. The Kier molecular flexibility index (Phi) is 3.78. The highest BCUT2D eigenvalue weighted by atomic mass is 32.2. The topological polar surface area (TPSA) is 108 Å². The Morgan fingerprint density at radius 2 is 2.09 bits per heavy atom. The van der Waals surface area contributed by atoms with Gasteiger partial charge in [-0.2, -0.15) is 4.98 Å². The molecule has 1 aromatic carbocycles. The van der Waals surface area contributed by atoms with E-state index < -0.39 is 16.1 Å². The average molecular weight is 316 g/mol. The van der Waals surface area contributed by atoms with Crippen molar-refractivity contribution in [3.63, 3.8) is 0 Å². The van der Waals surface area contributed by atoms with Crippen LogP contribution in [0.2, 0.25) is 0 Å². The van der Waals surface area contributed by atoms with E-state index in [2.05, 4.69) is 15.0 Å². The fourth-order valence-electron chi connectivity index (χ4n) is 2.14. The molecule has 0 amide bonds. The van der Waals surface area contributed by atoms with Gasteiger partial charge in [-0.05, 0) is 19.1 Å². The van der Waals surface area contributed by atoms with Crippen molar-refractivity contribution >= 4 is 27.9 Å². The first-order chi connectivity index (χ1) is 10.6. The van der Waals surface area contributed by atoms with Crippen LogP contribution in [0.5, 0.6) is 0 Å². The number of aromatic nitrogens is 3. The van der Waals surface area contributed by atoms with E-state index in [4.69, 9.17) is 0 Å². The molecule has 112 valence electrons. The fraction of sp³-hybridized carbons (Fsp3) is 0.143. The highest BCUT2D eigenvalue weighted by Crippen LogP contribution is 2.23. The SMILES string of the molecule is Cc1c([N+](=O)[O-])ccnc1C[S+]([O-])c1nc2ccccc2[nH]1. The summed E-state index contributed by atoms with van der Waals surface area (Å²) in [6.07, 6.45) is 1.36. The van der Waals surface area contributed by atoms with Crippen molar-refractivity contribution in [2.24, 2.45) is 0 Å². The molecule has 1 N–H and O–H groups in total. The van der Waals surface area contributed by atoms with E-state index in [1.54, 1.807) is 6.92 Å². The minimum Gasteiger partial charge on any atom is -0.609 e. The van der Waals surface area contributed by atoms with Crippen molar-refractivity contribution in [3.8, 4) is 0 Å². The number of aromatic amines is 1. The number of pyridine rings is 1. The Morgan fingerprint density at radius 3 is 2.82 bits per heavy atom. The number of para-hydroxylation sites is 2. The maximum atomic E-state index is 12.4. The number of H-pyrrole nitrogens is 1. The second-order valence-corrected chi connectivity index (χ2v) is 6.07. The van der Waals surface area contributed by atoms with Crippen LogP contribution in [-0.2, 0) is 16.9 Å². The van der Waals surface area contributed by atoms with Crippen molar-refractivity contribution in [1.29, 1.82) is 0 Å². The third-order valence-corrected chi connectivity index (χ3v) is 4.49. The summed E-state index contributed by atoms with van der Waals surface area (Å²) in [5, 5.41) is 11.3. The van der Waals surface area contributed by atoms with Gasteiger partial charge in [-0.1, -0.05) is 12.1 Å². The maximum Gasteiger partial charge on any atom is 0.322 e. The van der Waals surface area contributed by atoms with E-state index in [9.17, 15) is 14.7 Å². The zero-order chi connectivity index (χ0) is 15.7. The molecule has 0 aliphatic rings. The van der Waals surface area contributed by atoms with Crippen LogP contribution in [-0.4, -0.2) is 24.4 Å². The predicted octanol–water partition coefficient (Wildman–Crippen LogP) is 2.48. The van der Waals surface area contributed by atoms with Gasteiger partial charge >= 0.3 is 5.16 Å². The molecule has 0 bridgehead atoms. The second-order valence-electron chi connectivity index (χ2n) is 4.71. The Hall–Kier alpha value is -2.45. The summed E-state index contributed by atoms with van der Waals surface area (Å²) in [6, 6.07) is 8.72. The molecule has 0 saturated carbocycles. The molecule has 0 spiro atoms. The van der Waals surface area contributed by atoms with Gasteiger partial charge in [0.1, 0.15) is 0 Å². The quantitative estimate of drug-likeness (QED) is 0.452. The Labute approximate surface area is 128 Å². The zero-order valence-electron chi connectivity index (χ0n) is 11.6. The number of imidazole rings is 1. The van der Waals surface area contributed by atoms with E-state index in [0.717, 1.165) is 11.0 Å². The van der Waals surface area contributed by atoms with Gasteiger partial charge in [-0.25, -0.2) is 0 Å². The predicted molar refractivity (Wildman–Crippen MR) is 81.8 cm³/mol. The number of nitrogens with one attached hydrogen (secondary N) is 1. The second kappa shape index (κ2) is 5.74. The number of fused-ring (bicyclic) bond motifs is 1. The first-order valence-electron chi connectivity index (χ1n) is 6.48. The van der Waals surface area contributed by atoms with Gasteiger partial charge < -0.3 is 4.55 Å². The Balaban J connectivity index is 1.89. The molecule has 0 aliphatic carbocycles. The molecule has 2 aromatic heterocycles. The van der Waals surface area contributed by atoms with E-state index in [0.29, 0.717) is 16.4 Å². The number of hydrogen-bond donors (Lipinski definition) is 1. The van der Waals surface area contributed by atoms with Crippen LogP contribution in [0.1, 0.15) is 11.3 Å². The number of nitrogens with zero attached hydrogens (tertiary/aromatic N) is 3. The summed E-state index contributed by atoms with van der Waals surface area (Å²) in [5.41, 5.74) is 2.38. The molecule has 3 aromatic rings. The smallest absolute Gasteiger partial charge is 0.322 e. The summed E-state index contributed by atoms with van der Waals surface area (Å²) >= 11 is -1.45. The zero-order valence-corrected chi connectivity index (χ0v) is 12.5. The largest absolute Gasteiger partial charge is 0.609 e. The minimum absolute atomic E-state index is 0.0217. The van der Waals surface area contributed by atoms with E-state index in [-0.39, 0.29) is 11.4 Å². The van der Waals surface area contributed by atoms with Crippen LogP contribution >= 0.6 is 0 Å². The molecular formula is C14H12N4O3S. The lowest BCUT2D eigenvalue weighted by atomic mass is 10.2. The monoisotopic (exact) mass is 316 g/mol. The van der Waals surface area contributed by atoms with Gasteiger partial charge in [0.05, 0.1) is 27.2 Å². The van der Waals surface area contributed by atoms with Gasteiger partial charge in [0.25, 0.3) is 5.69 Å². The van der Waals surface area contributed by atoms with Gasteiger partial charge in [0.2, 0.25) is 0 Å². The number of nitro groups is 1. The van der Waals surface area contributed by atoms with Crippen LogP contribution in [0.3, 0.4) is 0 Å². The Bertz CT molecular complexity index is 816. The molecule has 0 fully saturated rings. The van der Waals surface area contributed by atoms with Crippen LogP contribution in [0.25, 0.3) is 11.0 Å². The summed E-state index contributed by atoms with van der Waals surface area (Å²) in [5.74, 6) is 0.0767. The van der Waals surface area contributed by atoms with Crippen molar-refractivity contribution in [2.75, 3.05) is 0 Å². The molecule has 22 heavy (non-hydrogen) atoms. The highest BCUT2D eigenvalue weighted by Gasteiger charge is 2.22. The first-order valence-corrected chi connectivity index (χ1v) is 7.80. The molecule has 8 heteroatoms. The van der Waals surface area contributed by atoms with Crippen molar-refractivity contribution in [1.82, 2.24) is 15.0 Å². The standard InChI is InChI=1S/C14H12N4O3S/c1-9-12(15-7-6-13(9)18(19)20)8-22(21)14-16-10-4-2-3-5-11(10)17-14/h2-7H,8H2,1H3,(H,16,17). The Morgan fingerprint density at radius 1 is 1.32 bits per heavy atom. The third-order valence-electron chi connectivity index (χ3n) is 3.33. The van der Waals surface area contributed by atoms with Gasteiger partial charge in [-0.3, -0.25) is 20.1 Å². The highest BCUT2D eigenvalue weighted by molar-refractivity contribution is 7.90. The van der Waals surface area contributed by atoms with E-state index >= 15 is 0 Å². The molecule has 1 atom stereocenters. The molecule has 2 heterocycles. The van der Waals surface area contributed by atoms with Crippen molar-refractivity contribution in [2.45, 2.75) is 17.8 Å². The third kappa shape index (κ3) is 2.66. The molecule has 1 unspecified atom stereocenters. The van der Waals surface area contributed by atoms with Crippen LogP contribution < -0.4 is 0 Å². The number of benzene rings is 1. The molecule has 7 nitrogen and oxygen atoms in total. The molecule has 3 rings (SSSR count). The fourth-order valence-corrected chi connectivity index (χ4v) is 3.24. The lowest BCUT2D eigenvalue weighted by molar-refractivity contribution is -0.385. The lowest BCUT2D eigenvalue weighted by Crippen LogP contribution is -2.10.